The van der Waals surface area contributed by atoms with Crippen LogP contribution in [0.15, 0.2) is 24.3 Å². The molecule has 0 bridgehead atoms. The molecule has 0 aliphatic rings. The molecule has 0 saturated carbocycles. The van der Waals surface area contributed by atoms with E-state index >= 15 is 0 Å². The average Bonchev–Trinajstić information content (AvgIpc) is 2.28. The summed E-state index contributed by atoms with van der Waals surface area (Å²) in [6.07, 6.45) is 1.11. The van der Waals surface area contributed by atoms with Gasteiger partial charge in [-0.3, -0.25) is 0 Å². The molecule has 16 heavy (non-hydrogen) atoms. The number of rotatable bonds is 5. The highest BCUT2D eigenvalue weighted by molar-refractivity contribution is 5.85. The summed E-state index contributed by atoms with van der Waals surface area (Å²) in [6, 6.07) is 8.22. The van der Waals surface area contributed by atoms with Gasteiger partial charge >= 0.3 is 0 Å². The van der Waals surface area contributed by atoms with Gasteiger partial charge in [0.25, 0.3) is 0 Å². The Balaban J connectivity index is 0.00000225. The van der Waals surface area contributed by atoms with Crippen molar-refractivity contribution in [2.24, 2.45) is 11.7 Å². The van der Waals surface area contributed by atoms with Crippen LogP contribution in [0.5, 0.6) is 5.75 Å². The second kappa shape index (κ2) is 7.53. The molecule has 0 radical (unpaired) electrons. The van der Waals surface area contributed by atoms with Gasteiger partial charge in [0.05, 0.1) is 6.61 Å². The van der Waals surface area contributed by atoms with Crippen LogP contribution in [0, 0.1) is 5.92 Å². The molecule has 2 atom stereocenters. The quantitative estimate of drug-likeness (QED) is 0.859. The minimum Gasteiger partial charge on any atom is -0.494 e. The van der Waals surface area contributed by atoms with Crippen LogP contribution >= 0.6 is 12.4 Å². The Morgan fingerprint density at radius 3 is 2.19 bits per heavy atom. The van der Waals surface area contributed by atoms with Crippen LogP contribution in [0.1, 0.15) is 38.8 Å². The van der Waals surface area contributed by atoms with Crippen molar-refractivity contribution in [2.75, 3.05) is 6.61 Å². The van der Waals surface area contributed by atoms with Crippen molar-refractivity contribution in [3.05, 3.63) is 29.8 Å². The Bertz CT molecular complexity index is 286. The standard InChI is InChI=1S/C13H21NO.ClH/c1-4-10(3)13(14)11-6-8-12(9-7-11)15-5-2;/h6-10,13H,4-5,14H2,1-3H3;1H/t10?,13-;/m1./s1. The van der Waals surface area contributed by atoms with Gasteiger partial charge in [-0.25, -0.2) is 0 Å². The molecule has 1 aromatic rings. The lowest BCUT2D eigenvalue weighted by atomic mass is 9.93. The van der Waals surface area contributed by atoms with Gasteiger partial charge in [0.15, 0.2) is 0 Å². The zero-order chi connectivity index (χ0) is 11.3. The summed E-state index contributed by atoms with van der Waals surface area (Å²) in [4.78, 5) is 0. The summed E-state index contributed by atoms with van der Waals surface area (Å²) in [6.45, 7) is 7.04. The van der Waals surface area contributed by atoms with Crippen molar-refractivity contribution in [3.8, 4) is 5.75 Å². The van der Waals surface area contributed by atoms with Gasteiger partial charge in [0.1, 0.15) is 5.75 Å². The van der Waals surface area contributed by atoms with Gasteiger partial charge < -0.3 is 10.5 Å². The van der Waals surface area contributed by atoms with Gasteiger partial charge in [0.2, 0.25) is 0 Å². The molecular formula is C13H22ClNO. The van der Waals surface area contributed by atoms with Crippen molar-refractivity contribution >= 4 is 12.4 Å². The van der Waals surface area contributed by atoms with Gasteiger partial charge in [-0.2, -0.15) is 0 Å². The first-order chi connectivity index (χ1) is 7.19. The first-order valence-corrected chi connectivity index (χ1v) is 5.67. The maximum atomic E-state index is 6.13. The van der Waals surface area contributed by atoms with Gasteiger partial charge in [-0.1, -0.05) is 32.4 Å². The van der Waals surface area contributed by atoms with Crippen molar-refractivity contribution in [2.45, 2.75) is 33.2 Å². The van der Waals surface area contributed by atoms with Crippen LogP contribution in [0.2, 0.25) is 0 Å². The number of nitrogens with two attached hydrogens (primary N) is 1. The van der Waals surface area contributed by atoms with E-state index in [2.05, 4.69) is 26.0 Å². The summed E-state index contributed by atoms with van der Waals surface area (Å²) in [5, 5.41) is 0. The SMILES string of the molecule is CCOc1ccc([C@H](N)C(C)CC)cc1.Cl. The zero-order valence-corrected chi connectivity index (χ0v) is 11.1. The van der Waals surface area contributed by atoms with E-state index in [0.29, 0.717) is 12.5 Å². The van der Waals surface area contributed by atoms with E-state index in [1.165, 1.54) is 5.56 Å². The molecule has 0 spiro atoms. The predicted octanol–water partition coefficient (Wildman–Crippen LogP) is 3.55. The summed E-state index contributed by atoms with van der Waals surface area (Å²) >= 11 is 0. The third-order valence-corrected chi connectivity index (χ3v) is 2.83. The normalized spacial score (nSPS) is 13.8. The average molecular weight is 244 g/mol. The molecule has 92 valence electrons. The predicted molar refractivity (Wildman–Crippen MR) is 71.2 cm³/mol. The fraction of sp³-hybridized carbons (Fsp3) is 0.538. The Morgan fingerprint density at radius 1 is 1.19 bits per heavy atom. The van der Waals surface area contributed by atoms with E-state index in [1.54, 1.807) is 0 Å². The molecule has 2 nitrogen and oxygen atoms in total. The van der Waals surface area contributed by atoms with Crippen LogP contribution in [0.3, 0.4) is 0 Å². The highest BCUT2D eigenvalue weighted by atomic mass is 35.5. The van der Waals surface area contributed by atoms with E-state index in [1.807, 2.05) is 19.1 Å². The smallest absolute Gasteiger partial charge is 0.119 e. The monoisotopic (exact) mass is 243 g/mol. The number of benzene rings is 1. The molecular weight excluding hydrogens is 222 g/mol. The number of halogens is 1. The van der Waals surface area contributed by atoms with E-state index < -0.39 is 0 Å². The second-order valence-corrected chi connectivity index (χ2v) is 3.91. The van der Waals surface area contributed by atoms with Crippen LogP contribution in [-0.4, -0.2) is 6.61 Å². The largest absolute Gasteiger partial charge is 0.494 e. The second-order valence-electron chi connectivity index (χ2n) is 3.91. The Labute approximate surface area is 105 Å². The Hall–Kier alpha value is -0.730. The molecule has 0 aromatic heterocycles. The molecule has 1 rings (SSSR count). The zero-order valence-electron chi connectivity index (χ0n) is 10.3. The summed E-state index contributed by atoms with van der Waals surface area (Å²) < 4.78 is 5.39. The molecule has 0 amide bonds. The van der Waals surface area contributed by atoms with Crippen LogP contribution < -0.4 is 10.5 Å². The fourth-order valence-corrected chi connectivity index (χ4v) is 1.54. The maximum Gasteiger partial charge on any atom is 0.119 e. The highest BCUT2D eigenvalue weighted by Gasteiger charge is 2.12. The number of hydrogen-bond acceptors (Lipinski definition) is 2. The number of hydrogen-bond donors (Lipinski definition) is 1. The minimum absolute atomic E-state index is 0. The lowest BCUT2D eigenvalue weighted by Crippen LogP contribution is -2.18. The molecule has 3 heteroatoms. The lowest BCUT2D eigenvalue weighted by Gasteiger charge is -2.18. The minimum atomic E-state index is 0. The Kier molecular flexibility index (Phi) is 7.18. The molecule has 0 saturated heterocycles. The van der Waals surface area contributed by atoms with Crippen molar-refractivity contribution in [1.29, 1.82) is 0 Å². The summed E-state index contributed by atoms with van der Waals surface area (Å²) in [5.74, 6) is 1.43. The molecule has 0 fully saturated rings. The van der Waals surface area contributed by atoms with Crippen LogP contribution in [0.4, 0.5) is 0 Å². The molecule has 1 unspecified atom stereocenters. The van der Waals surface area contributed by atoms with E-state index in [4.69, 9.17) is 10.5 Å². The van der Waals surface area contributed by atoms with E-state index in [-0.39, 0.29) is 18.4 Å². The lowest BCUT2D eigenvalue weighted by molar-refractivity contribution is 0.340. The van der Waals surface area contributed by atoms with E-state index in [9.17, 15) is 0 Å². The third-order valence-electron chi connectivity index (χ3n) is 2.83. The highest BCUT2D eigenvalue weighted by Crippen LogP contribution is 2.23. The summed E-state index contributed by atoms with van der Waals surface area (Å²) in [7, 11) is 0. The molecule has 0 aliphatic carbocycles. The molecule has 0 aliphatic heterocycles. The van der Waals surface area contributed by atoms with Gasteiger partial charge in [-0.15, -0.1) is 12.4 Å². The third kappa shape index (κ3) is 4.03. The van der Waals surface area contributed by atoms with Crippen LogP contribution in [0.25, 0.3) is 0 Å². The van der Waals surface area contributed by atoms with E-state index in [0.717, 1.165) is 12.2 Å². The Morgan fingerprint density at radius 2 is 1.75 bits per heavy atom. The molecule has 0 heterocycles. The molecule has 2 N–H and O–H groups in total. The maximum absolute atomic E-state index is 6.13. The fourth-order valence-electron chi connectivity index (χ4n) is 1.54. The van der Waals surface area contributed by atoms with Crippen molar-refractivity contribution < 1.29 is 4.74 Å². The topological polar surface area (TPSA) is 35.2 Å². The van der Waals surface area contributed by atoms with Crippen molar-refractivity contribution in [3.63, 3.8) is 0 Å². The number of ether oxygens (including phenoxy) is 1. The van der Waals surface area contributed by atoms with Gasteiger partial charge in [-0.05, 0) is 30.5 Å². The summed E-state index contributed by atoms with van der Waals surface area (Å²) in [5.41, 5.74) is 7.32. The van der Waals surface area contributed by atoms with Gasteiger partial charge in [0, 0.05) is 6.04 Å². The first-order valence-electron chi connectivity index (χ1n) is 5.67. The van der Waals surface area contributed by atoms with Crippen LogP contribution in [-0.2, 0) is 0 Å². The first kappa shape index (κ1) is 15.3. The van der Waals surface area contributed by atoms with Crippen molar-refractivity contribution in [1.82, 2.24) is 0 Å². The molecule has 1 aromatic carbocycles.